The summed E-state index contributed by atoms with van der Waals surface area (Å²) in [5.41, 5.74) is 5.19. The number of aromatic nitrogens is 3. The van der Waals surface area contributed by atoms with E-state index in [-0.39, 0.29) is 11.7 Å². The Balaban J connectivity index is 0.000000861. The van der Waals surface area contributed by atoms with Gasteiger partial charge in [0.2, 0.25) is 5.82 Å². The lowest BCUT2D eigenvalue weighted by molar-refractivity contribution is -0.0588. The van der Waals surface area contributed by atoms with Crippen LogP contribution in [0.2, 0.25) is 0 Å². The lowest BCUT2D eigenvalue weighted by Gasteiger charge is -2.13. The molecule has 0 amide bonds. The molecule has 19 heavy (non-hydrogen) atoms. The number of hydrogen-bond acceptors (Lipinski definition) is 7. The minimum atomic E-state index is -1.23. The molecule has 0 radical (unpaired) electrons. The maximum Gasteiger partial charge on any atom is 0.215 e. The minimum Gasteiger partial charge on any atom is -0.394 e. The molecule has 9 heteroatoms. The summed E-state index contributed by atoms with van der Waals surface area (Å²) in [6.45, 7) is 3.59. The van der Waals surface area contributed by atoms with Crippen LogP contribution in [0.25, 0.3) is 0 Å². The first-order chi connectivity index (χ1) is 9.04. The van der Waals surface area contributed by atoms with E-state index < -0.39 is 31.1 Å². The predicted octanol–water partition coefficient (Wildman–Crippen LogP) is -1.80. The Bertz CT molecular complexity index is 424. The second-order valence-electron chi connectivity index (χ2n) is 3.69. The van der Waals surface area contributed by atoms with Crippen LogP contribution in [0, 0.1) is 5.41 Å². The van der Waals surface area contributed by atoms with Gasteiger partial charge in [-0.2, -0.15) is 0 Å². The zero-order valence-electron chi connectivity index (χ0n) is 10.8. The number of nitrogens with zero attached hydrogens (tertiary/aromatic N) is 3. The zero-order chi connectivity index (χ0) is 14.6. The van der Waals surface area contributed by atoms with Crippen molar-refractivity contribution >= 4 is 5.84 Å². The Morgan fingerprint density at radius 2 is 2.11 bits per heavy atom. The monoisotopic (exact) mass is 273 g/mol. The van der Waals surface area contributed by atoms with Crippen molar-refractivity contribution in [2.24, 2.45) is 5.73 Å². The van der Waals surface area contributed by atoms with Gasteiger partial charge in [0.1, 0.15) is 24.6 Å². The van der Waals surface area contributed by atoms with Crippen LogP contribution in [-0.4, -0.2) is 60.8 Å². The van der Waals surface area contributed by atoms with E-state index in [2.05, 4.69) is 10.1 Å². The summed E-state index contributed by atoms with van der Waals surface area (Å²) in [4.78, 5) is 3.74. The van der Waals surface area contributed by atoms with Gasteiger partial charge in [0.05, 0.1) is 6.61 Å². The van der Waals surface area contributed by atoms with Crippen molar-refractivity contribution in [2.45, 2.75) is 38.4 Å². The minimum absolute atomic E-state index is 0.00254. The first-order valence-electron chi connectivity index (χ1n) is 5.92. The molecular weight excluding hydrogens is 254 g/mol. The van der Waals surface area contributed by atoms with Crippen molar-refractivity contribution in [1.82, 2.24) is 14.8 Å². The Hall–Kier alpha value is -1.55. The molecule has 0 aromatic carbocycles. The molecule has 0 bridgehead atoms. The molecule has 2 rings (SSSR count). The average molecular weight is 273 g/mol. The molecule has 0 aliphatic carbocycles. The number of aliphatic hydroxyl groups excluding tert-OH is 3. The molecule has 9 nitrogen and oxygen atoms in total. The molecule has 2 heterocycles. The van der Waals surface area contributed by atoms with Gasteiger partial charge < -0.3 is 25.8 Å². The van der Waals surface area contributed by atoms with Gasteiger partial charge in [0, 0.05) is 0 Å². The van der Waals surface area contributed by atoms with Crippen molar-refractivity contribution in [3.63, 3.8) is 0 Å². The molecule has 1 aromatic rings. The van der Waals surface area contributed by atoms with E-state index >= 15 is 0 Å². The first-order valence-corrected chi connectivity index (χ1v) is 5.92. The summed E-state index contributed by atoms with van der Waals surface area (Å²) in [5.74, 6) is -0.307. The summed E-state index contributed by atoms with van der Waals surface area (Å²) >= 11 is 0. The van der Waals surface area contributed by atoms with Crippen LogP contribution >= 0.6 is 0 Å². The molecule has 1 aliphatic heterocycles. The summed E-state index contributed by atoms with van der Waals surface area (Å²) in [7, 11) is 0. The van der Waals surface area contributed by atoms with E-state index in [1.165, 1.54) is 6.33 Å². The number of amidine groups is 1. The topological polar surface area (TPSA) is 150 Å². The molecule has 0 saturated carbocycles. The number of rotatable bonds is 3. The number of nitrogens with two attached hydrogens (primary N) is 1. The van der Waals surface area contributed by atoms with E-state index in [4.69, 9.17) is 21.0 Å². The number of nitrogen functional groups attached to an aromatic ring is 1. The quantitative estimate of drug-likeness (QED) is 0.322. The standard InChI is InChI=1S/C8H13N5O4.C2H6/c9-6(10)7-11-2-13(12-7)8-5(16)4(15)3(1-14)17-8;1-2/h2-5,8,14-16H,1H2,(H3,9,10);1-2H3/t3-,4-,5-,8-;/m1./s1. The summed E-state index contributed by atoms with van der Waals surface area (Å²) in [5, 5.41) is 39.1. The van der Waals surface area contributed by atoms with Crippen molar-refractivity contribution in [2.75, 3.05) is 6.61 Å². The van der Waals surface area contributed by atoms with Gasteiger partial charge in [0.25, 0.3) is 0 Å². The number of ether oxygens (including phenoxy) is 1. The highest BCUT2D eigenvalue weighted by Gasteiger charge is 2.43. The van der Waals surface area contributed by atoms with Gasteiger partial charge in [0.15, 0.2) is 12.1 Å². The Kier molecular flexibility index (Phi) is 5.36. The third kappa shape index (κ3) is 3.07. The second kappa shape index (κ2) is 6.57. The van der Waals surface area contributed by atoms with Gasteiger partial charge in [-0.15, -0.1) is 5.10 Å². The van der Waals surface area contributed by atoms with Crippen LogP contribution in [0.4, 0.5) is 0 Å². The smallest absolute Gasteiger partial charge is 0.215 e. The lowest BCUT2D eigenvalue weighted by atomic mass is 10.1. The first kappa shape index (κ1) is 15.5. The van der Waals surface area contributed by atoms with Gasteiger partial charge in [-0.3, -0.25) is 5.41 Å². The van der Waals surface area contributed by atoms with Crippen LogP contribution in [0.5, 0.6) is 0 Å². The average Bonchev–Trinajstić information content (AvgIpc) is 2.99. The molecule has 1 fully saturated rings. The van der Waals surface area contributed by atoms with Crippen molar-refractivity contribution in [3.8, 4) is 0 Å². The molecule has 108 valence electrons. The third-order valence-electron chi connectivity index (χ3n) is 2.53. The zero-order valence-corrected chi connectivity index (χ0v) is 10.8. The fraction of sp³-hybridized carbons (Fsp3) is 0.700. The highest BCUT2D eigenvalue weighted by atomic mass is 16.6. The Labute approximate surface area is 110 Å². The Morgan fingerprint density at radius 1 is 1.47 bits per heavy atom. The SMILES string of the molecule is CC.N=C(N)c1ncn([C@@H]2O[C@H](CO)[C@@H](O)[C@H]2O)n1. The molecule has 4 atom stereocenters. The summed E-state index contributed by atoms with van der Waals surface area (Å²) in [6.07, 6.45) is -3.02. The van der Waals surface area contributed by atoms with Crippen LogP contribution in [0.3, 0.4) is 0 Å². The van der Waals surface area contributed by atoms with Crippen molar-refractivity contribution in [3.05, 3.63) is 12.2 Å². The molecular formula is C10H19N5O4. The number of aliphatic hydroxyl groups is 3. The Morgan fingerprint density at radius 3 is 2.53 bits per heavy atom. The highest BCUT2D eigenvalue weighted by molar-refractivity contribution is 5.90. The fourth-order valence-electron chi connectivity index (χ4n) is 1.62. The summed E-state index contributed by atoms with van der Waals surface area (Å²) < 4.78 is 6.37. The van der Waals surface area contributed by atoms with E-state index in [0.29, 0.717) is 0 Å². The molecule has 0 unspecified atom stereocenters. The van der Waals surface area contributed by atoms with Gasteiger partial charge in [-0.25, -0.2) is 9.67 Å². The second-order valence-corrected chi connectivity index (χ2v) is 3.69. The molecule has 6 N–H and O–H groups in total. The van der Waals surface area contributed by atoms with E-state index in [9.17, 15) is 10.2 Å². The largest absolute Gasteiger partial charge is 0.394 e. The van der Waals surface area contributed by atoms with Crippen LogP contribution in [0.15, 0.2) is 6.33 Å². The highest BCUT2D eigenvalue weighted by Crippen LogP contribution is 2.28. The van der Waals surface area contributed by atoms with E-state index in [1.54, 1.807) is 0 Å². The van der Waals surface area contributed by atoms with Crippen molar-refractivity contribution in [1.29, 1.82) is 5.41 Å². The summed E-state index contributed by atoms with van der Waals surface area (Å²) in [6, 6.07) is 0. The number of hydrogen-bond donors (Lipinski definition) is 5. The third-order valence-corrected chi connectivity index (χ3v) is 2.53. The number of nitrogens with one attached hydrogen (secondary N) is 1. The van der Waals surface area contributed by atoms with Crippen LogP contribution in [-0.2, 0) is 4.74 Å². The van der Waals surface area contributed by atoms with Crippen LogP contribution < -0.4 is 5.73 Å². The maximum absolute atomic E-state index is 9.70. The fourth-order valence-corrected chi connectivity index (χ4v) is 1.62. The van der Waals surface area contributed by atoms with Crippen molar-refractivity contribution < 1.29 is 20.1 Å². The molecule has 1 saturated heterocycles. The van der Waals surface area contributed by atoms with Gasteiger partial charge >= 0.3 is 0 Å². The molecule has 1 aromatic heterocycles. The predicted molar refractivity (Wildman–Crippen MR) is 65.4 cm³/mol. The van der Waals surface area contributed by atoms with E-state index in [1.807, 2.05) is 13.8 Å². The normalized spacial score (nSPS) is 29.7. The van der Waals surface area contributed by atoms with Gasteiger partial charge in [-0.1, -0.05) is 13.8 Å². The van der Waals surface area contributed by atoms with Crippen LogP contribution in [0.1, 0.15) is 25.9 Å². The molecule has 1 aliphatic rings. The maximum atomic E-state index is 9.70. The molecule has 0 spiro atoms. The van der Waals surface area contributed by atoms with E-state index in [0.717, 1.165) is 4.68 Å². The lowest BCUT2D eigenvalue weighted by Crippen LogP contribution is -2.33. The van der Waals surface area contributed by atoms with Gasteiger partial charge in [-0.05, 0) is 0 Å².